The molecule has 1 N–H and O–H groups in total. The number of likely N-dealkylation sites (tertiary alicyclic amines) is 1. The van der Waals surface area contributed by atoms with Crippen LogP contribution >= 0.6 is 0 Å². The predicted molar refractivity (Wildman–Crippen MR) is 65.1 cm³/mol. The van der Waals surface area contributed by atoms with Gasteiger partial charge in [0.1, 0.15) is 11.1 Å². The smallest absolute Gasteiger partial charge is 0.203 e. The van der Waals surface area contributed by atoms with Crippen LogP contribution in [0.3, 0.4) is 0 Å². The fourth-order valence-corrected chi connectivity index (χ4v) is 4.02. The highest BCUT2D eigenvalue weighted by atomic mass is 16.6. The average Bonchev–Trinajstić information content (AvgIpc) is 2.79. The summed E-state index contributed by atoms with van der Waals surface area (Å²) in [5, 5.41) is 9.95. The van der Waals surface area contributed by atoms with E-state index in [4.69, 9.17) is 14.2 Å². The number of Topliss-reactive ketones (excluding diaryl/α,β-unsaturated/α-hetero) is 1. The molecule has 1 unspecified atom stereocenters. The molecule has 0 aromatic heterocycles. The van der Waals surface area contributed by atoms with Crippen LogP contribution in [-0.2, 0) is 19.0 Å². The summed E-state index contributed by atoms with van der Waals surface area (Å²) < 4.78 is 16.5. The van der Waals surface area contributed by atoms with E-state index in [1.54, 1.807) is 0 Å². The number of hydrogen-bond acceptors (Lipinski definition) is 6. The lowest BCUT2D eigenvalue weighted by molar-refractivity contribution is -0.158. The summed E-state index contributed by atoms with van der Waals surface area (Å²) >= 11 is 0. The summed E-state index contributed by atoms with van der Waals surface area (Å²) in [5.41, 5.74) is -1.29. The van der Waals surface area contributed by atoms with E-state index in [1.165, 1.54) is 14.2 Å². The number of carbonyl (C=O) groups excluding carboxylic acids is 1. The van der Waals surface area contributed by atoms with Gasteiger partial charge in [-0.3, -0.25) is 9.69 Å². The lowest BCUT2D eigenvalue weighted by atomic mass is 9.71. The standard InChI is InChI=1S/C13H19NO5/c1-14-5-4-12-6-8(15)10(17-2)11(18-3)13(12,14)7-9(16)19-12/h9,16H,4-7H2,1-3H3/t9?,12-,13-/m1/s1. The summed E-state index contributed by atoms with van der Waals surface area (Å²) in [7, 11) is 4.96. The van der Waals surface area contributed by atoms with Gasteiger partial charge in [0.15, 0.2) is 12.0 Å². The summed E-state index contributed by atoms with van der Waals surface area (Å²) in [4.78, 5) is 14.3. The number of ether oxygens (including phenoxy) is 3. The molecule has 2 aliphatic heterocycles. The van der Waals surface area contributed by atoms with Crippen molar-refractivity contribution >= 4 is 5.78 Å². The number of ketones is 1. The monoisotopic (exact) mass is 269 g/mol. The quantitative estimate of drug-likeness (QED) is 0.762. The van der Waals surface area contributed by atoms with Crippen LogP contribution in [0, 0.1) is 0 Å². The zero-order chi connectivity index (χ0) is 13.8. The van der Waals surface area contributed by atoms with Gasteiger partial charge in [0.25, 0.3) is 0 Å². The molecule has 19 heavy (non-hydrogen) atoms. The molecule has 0 aromatic rings. The molecule has 2 fully saturated rings. The maximum atomic E-state index is 12.2. The number of nitrogens with zero attached hydrogens (tertiary/aromatic N) is 1. The van der Waals surface area contributed by atoms with E-state index in [1.807, 2.05) is 7.05 Å². The van der Waals surface area contributed by atoms with Crippen molar-refractivity contribution in [3.63, 3.8) is 0 Å². The molecule has 3 atom stereocenters. The molecule has 0 aromatic carbocycles. The van der Waals surface area contributed by atoms with Crippen molar-refractivity contribution in [2.24, 2.45) is 0 Å². The third-order valence-corrected chi connectivity index (χ3v) is 4.78. The molecule has 3 aliphatic rings. The van der Waals surface area contributed by atoms with Gasteiger partial charge in [-0.25, -0.2) is 0 Å². The first-order valence-corrected chi connectivity index (χ1v) is 6.44. The molecule has 6 heteroatoms. The fraction of sp³-hybridized carbons (Fsp3) is 0.769. The van der Waals surface area contributed by atoms with Crippen LogP contribution in [0.25, 0.3) is 0 Å². The van der Waals surface area contributed by atoms with Crippen LogP contribution in [0.5, 0.6) is 0 Å². The minimum absolute atomic E-state index is 0.126. The van der Waals surface area contributed by atoms with Crippen molar-refractivity contribution in [1.82, 2.24) is 4.90 Å². The summed E-state index contributed by atoms with van der Waals surface area (Å²) in [6.07, 6.45) is 0.449. The molecule has 0 bridgehead atoms. The summed E-state index contributed by atoms with van der Waals surface area (Å²) in [6, 6.07) is 0. The zero-order valence-corrected chi connectivity index (χ0v) is 11.4. The van der Waals surface area contributed by atoms with E-state index in [2.05, 4.69) is 4.90 Å². The largest absolute Gasteiger partial charge is 0.495 e. The van der Waals surface area contributed by atoms with E-state index in [9.17, 15) is 9.90 Å². The van der Waals surface area contributed by atoms with Gasteiger partial charge in [-0.2, -0.15) is 0 Å². The van der Waals surface area contributed by atoms with Gasteiger partial charge >= 0.3 is 0 Å². The highest BCUT2D eigenvalue weighted by Crippen LogP contribution is 2.58. The minimum atomic E-state index is -0.878. The predicted octanol–water partition coefficient (Wildman–Crippen LogP) is 0.0154. The number of methoxy groups -OCH3 is 2. The topological polar surface area (TPSA) is 68.2 Å². The van der Waals surface area contributed by atoms with E-state index in [-0.39, 0.29) is 18.0 Å². The molecule has 1 aliphatic carbocycles. The number of carbonyl (C=O) groups is 1. The van der Waals surface area contributed by atoms with Crippen molar-refractivity contribution in [3.05, 3.63) is 11.5 Å². The zero-order valence-electron chi connectivity index (χ0n) is 11.4. The normalized spacial score (nSPS) is 42.3. The number of hydrogen-bond donors (Lipinski definition) is 1. The summed E-state index contributed by atoms with van der Waals surface area (Å²) in [5.74, 6) is 0.617. The van der Waals surface area contributed by atoms with Crippen LogP contribution in [0.15, 0.2) is 11.5 Å². The molecule has 0 amide bonds. The number of rotatable bonds is 2. The molecule has 0 spiro atoms. The first-order chi connectivity index (χ1) is 9.00. The molecule has 3 rings (SSSR count). The molecular weight excluding hydrogens is 250 g/mol. The number of aliphatic hydroxyl groups excluding tert-OH is 1. The second kappa shape index (κ2) is 3.94. The molecular formula is C13H19NO5. The Bertz CT molecular complexity index is 462. The van der Waals surface area contributed by atoms with Gasteiger partial charge in [0.2, 0.25) is 11.5 Å². The Morgan fingerprint density at radius 3 is 2.79 bits per heavy atom. The van der Waals surface area contributed by atoms with Gasteiger partial charge in [-0.1, -0.05) is 0 Å². The van der Waals surface area contributed by atoms with E-state index in [0.717, 1.165) is 6.54 Å². The highest BCUT2D eigenvalue weighted by molar-refractivity contribution is 5.97. The maximum Gasteiger partial charge on any atom is 0.203 e. The third kappa shape index (κ3) is 1.34. The molecule has 0 saturated carbocycles. The second-order valence-corrected chi connectivity index (χ2v) is 5.47. The lowest BCUT2D eigenvalue weighted by Crippen LogP contribution is -2.59. The average molecular weight is 269 g/mol. The molecule has 2 saturated heterocycles. The third-order valence-electron chi connectivity index (χ3n) is 4.78. The van der Waals surface area contributed by atoms with Gasteiger partial charge in [0, 0.05) is 19.4 Å². The first kappa shape index (κ1) is 12.9. The maximum absolute atomic E-state index is 12.2. The molecule has 2 heterocycles. The lowest BCUT2D eigenvalue weighted by Gasteiger charge is -2.45. The van der Waals surface area contributed by atoms with Gasteiger partial charge in [-0.05, 0) is 13.5 Å². The molecule has 6 nitrogen and oxygen atoms in total. The van der Waals surface area contributed by atoms with Crippen molar-refractivity contribution in [2.45, 2.75) is 36.7 Å². The number of aliphatic hydroxyl groups is 1. The minimum Gasteiger partial charge on any atom is -0.495 e. The van der Waals surface area contributed by atoms with Crippen LogP contribution in [0.4, 0.5) is 0 Å². The van der Waals surface area contributed by atoms with E-state index >= 15 is 0 Å². The van der Waals surface area contributed by atoms with Crippen molar-refractivity contribution in [2.75, 3.05) is 27.8 Å². The van der Waals surface area contributed by atoms with Crippen molar-refractivity contribution < 1.29 is 24.1 Å². The second-order valence-electron chi connectivity index (χ2n) is 5.47. The van der Waals surface area contributed by atoms with Gasteiger partial charge in [-0.15, -0.1) is 0 Å². The van der Waals surface area contributed by atoms with Crippen LogP contribution in [0.2, 0.25) is 0 Å². The Labute approximate surface area is 111 Å². The first-order valence-electron chi connectivity index (χ1n) is 6.44. The Morgan fingerprint density at radius 1 is 1.42 bits per heavy atom. The Kier molecular flexibility index (Phi) is 2.68. The molecule has 106 valence electrons. The van der Waals surface area contributed by atoms with Crippen LogP contribution < -0.4 is 0 Å². The number of likely N-dealkylation sites (N-methyl/N-ethyl adjacent to an activating group) is 1. The van der Waals surface area contributed by atoms with Crippen LogP contribution in [-0.4, -0.2) is 61.0 Å². The van der Waals surface area contributed by atoms with Crippen LogP contribution in [0.1, 0.15) is 19.3 Å². The van der Waals surface area contributed by atoms with Gasteiger partial charge < -0.3 is 19.3 Å². The van der Waals surface area contributed by atoms with E-state index < -0.39 is 17.4 Å². The van der Waals surface area contributed by atoms with Crippen molar-refractivity contribution in [3.8, 4) is 0 Å². The summed E-state index contributed by atoms with van der Waals surface area (Å²) in [6.45, 7) is 0.795. The number of allylic oxidation sites excluding steroid dienone is 1. The molecule has 0 radical (unpaired) electrons. The Hall–Kier alpha value is -1.11. The Balaban J connectivity index is 2.23. The van der Waals surface area contributed by atoms with Gasteiger partial charge in [0.05, 0.1) is 14.2 Å². The SMILES string of the molecule is COC1=C(OC)[C@]23CC(O)O[C@]2(CCN3C)CC1=O. The fourth-order valence-electron chi connectivity index (χ4n) is 4.02. The highest BCUT2D eigenvalue weighted by Gasteiger charge is 2.71. The van der Waals surface area contributed by atoms with E-state index in [0.29, 0.717) is 18.6 Å². The Morgan fingerprint density at radius 2 is 2.16 bits per heavy atom. The van der Waals surface area contributed by atoms with Crippen molar-refractivity contribution in [1.29, 1.82) is 0 Å².